The lowest BCUT2D eigenvalue weighted by atomic mass is 10.0. The number of benzene rings is 4. The van der Waals surface area contributed by atoms with Gasteiger partial charge in [-0.15, -0.1) is 0 Å². The molecule has 4 aromatic rings. The van der Waals surface area contributed by atoms with Crippen LogP contribution in [0, 0.1) is 6.92 Å². The molecule has 0 fully saturated rings. The maximum Gasteiger partial charge on any atom is 0.264 e. The predicted octanol–water partition coefficient (Wildman–Crippen LogP) is 7.16. The van der Waals surface area contributed by atoms with E-state index in [1.54, 1.807) is 24.3 Å². The van der Waals surface area contributed by atoms with Crippen molar-refractivity contribution in [2.24, 2.45) is 0 Å². The minimum absolute atomic E-state index is 0.00455. The average Bonchev–Trinajstić information content (AvgIpc) is 3.03. The Hall–Kier alpha value is -3.66. The molecular weight excluding hydrogens is 674 g/mol. The zero-order chi connectivity index (χ0) is 32.6. The van der Waals surface area contributed by atoms with Crippen LogP contribution in [-0.4, -0.2) is 43.8 Å². The molecule has 7 nitrogen and oxygen atoms in total. The highest BCUT2D eigenvalue weighted by Crippen LogP contribution is 2.26. The first-order valence-corrected chi connectivity index (χ1v) is 17.3. The molecule has 236 valence electrons. The van der Waals surface area contributed by atoms with Gasteiger partial charge in [0.1, 0.15) is 12.6 Å². The van der Waals surface area contributed by atoms with Crippen molar-refractivity contribution in [1.82, 2.24) is 10.2 Å². The van der Waals surface area contributed by atoms with Gasteiger partial charge in [-0.2, -0.15) is 0 Å². The van der Waals surface area contributed by atoms with Gasteiger partial charge in [-0.1, -0.05) is 94.6 Å². The van der Waals surface area contributed by atoms with Crippen molar-refractivity contribution in [2.45, 2.75) is 57.1 Å². The molecule has 2 amide bonds. The summed E-state index contributed by atoms with van der Waals surface area (Å²) < 4.78 is 30.1. The Morgan fingerprint density at radius 1 is 0.867 bits per heavy atom. The fraction of sp³-hybridized carbons (Fsp3) is 0.257. The fourth-order valence-corrected chi connectivity index (χ4v) is 6.56. The summed E-state index contributed by atoms with van der Waals surface area (Å²) in [5.41, 5.74) is 2.94. The molecule has 0 saturated heterocycles. The lowest BCUT2D eigenvalue weighted by molar-refractivity contribution is -0.140. The first-order chi connectivity index (χ1) is 21.5. The van der Waals surface area contributed by atoms with Crippen LogP contribution >= 0.6 is 27.5 Å². The zero-order valence-corrected chi connectivity index (χ0v) is 28.6. The third-order valence-electron chi connectivity index (χ3n) is 7.54. The molecule has 10 heteroatoms. The molecule has 0 radical (unpaired) electrons. The van der Waals surface area contributed by atoms with E-state index < -0.39 is 28.5 Å². The predicted molar refractivity (Wildman–Crippen MR) is 184 cm³/mol. The summed E-state index contributed by atoms with van der Waals surface area (Å²) >= 11 is 9.51. The topological polar surface area (TPSA) is 86.8 Å². The van der Waals surface area contributed by atoms with Gasteiger partial charge in [0.25, 0.3) is 10.0 Å². The third-order valence-corrected chi connectivity index (χ3v) is 10.1. The summed E-state index contributed by atoms with van der Waals surface area (Å²) in [7, 11) is -4.20. The van der Waals surface area contributed by atoms with Gasteiger partial charge >= 0.3 is 0 Å². The second-order valence-corrected chi connectivity index (χ2v) is 14.2. The van der Waals surface area contributed by atoms with Gasteiger partial charge in [0.05, 0.1) is 10.6 Å². The van der Waals surface area contributed by atoms with Crippen LogP contribution in [0.1, 0.15) is 37.0 Å². The number of nitrogens with one attached hydrogen (secondary N) is 1. The summed E-state index contributed by atoms with van der Waals surface area (Å²) in [6.07, 6.45) is 0.963. The number of hydrogen-bond donors (Lipinski definition) is 1. The summed E-state index contributed by atoms with van der Waals surface area (Å²) in [5.74, 6) is -0.822. The van der Waals surface area contributed by atoms with Crippen LogP contribution in [0.3, 0.4) is 0 Å². The molecule has 0 unspecified atom stereocenters. The molecule has 0 aliphatic rings. The number of amides is 2. The molecule has 4 aromatic carbocycles. The van der Waals surface area contributed by atoms with Crippen LogP contribution in [0.5, 0.6) is 0 Å². The van der Waals surface area contributed by atoms with Gasteiger partial charge in [0, 0.05) is 28.5 Å². The van der Waals surface area contributed by atoms with Gasteiger partial charge in [0.2, 0.25) is 11.8 Å². The van der Waals surface area contributed by atoms with E-state index in [4.69, 9.17) is 11.6 Å². The number of carbonyl (C=O) groups excluding carboxylic acids is 2. The minimum Gasteiger partial charge on any atom is -0.352 e. The molecule has 0 bridgehead atoms. The Kier molecular flexibility index (Phi) is 11.8. The first kappa shape index (κ1) is 34.2. The van der Waals surface area contributed by atoms with Crippen molar-refractivity contribution < 1.29 is 18.0 Å². The van der Waals surface area contributed by atoms with Gasteiger partial charge in [-0.3, -0.25) is 13.9 Å². The summed E-state index contributed by atoms with van der Waals surface area (Å²) in [5, 5.41) is 3.44. The lowest BCUT2D eigenvalue weighted by Gasteiger charge is -2.34. The maximum atomic E-state index is 14.5. The SMILES string of the molecule is CC[C@@H](C)NC(=O)[C@H](Cc1ccccc1)N(Cc1ccc(Br)cc1)C(=O)CN(c1ccc(C)cc1)S(=O)(=O)c1ccc(Cl)cc1. The molecule has 4 rings (SSSR count). The van der Waals surface area contributed by atoms with Crippen molar-refractivity contribution in [3.8, 4) is 0 Å². The zero-order valence-electron chi connectivity index (χ0n) is 25.5. The van der Waals surface area contributed by atoms with E-state index in [0.29, 0.717) is 17.1 Å². The minimum atomic E-state index is -4.20. The van der Waals surface area contributed by atoms with Crippen molar-refractivity contribution in [1.29, 1.82) is 0 Å². The molecule has 2 atom stereocenters. The fourth-order valence-electron chi connectivity index (χ4n) is 4.76. The molecule has 0 aromatic heterocycles. The average molecular weight is 711 g/mol. The van der Waals surface area contributed by atoms with Crippen LogP contribution in [0.25, 0.3) is 0 Å². The highest BCUT2D eigenvalue weighted by Gasteiger charge is 2.35. The van der Waals surface area contributed by atoms with Crippen molar-refractivity contribution >= 4 is 55.1 Å². The Labute approximate surface area is 279 Å². The van der Waals surface area contributed by atoms with Gasteiger partial charge in [-0.05, 0) is 79.9 Å². The lowest BCUT2D eigenvalue weighted by Crippen LogP contribution is -2.54. The normalized spacial score (nSPS) is 12.6. The van der Waals surface area contributed by atoms with Gasteiger partial charge in [0.15, 0.2) is 0 Å². The van der Waals surface area contributed by atoms with Crippen molar-refractivity contribution in [2.75, 3.05) is 10.8 Å². The number of hydrogen-bond acceptors (Lipinski definition) is 4. The molecule has 0 saturated carbocycles. The molecular formula is C35H37BrClN3O4S. The smallest absolute Gasteiger partial charge is 0.264 e. The summed E-state index contributed by atoms with van der Waals surface area (Å²) in [6.45, 7) is 5.36. The number of anilines is 1. The van der Waals surface area contributed by atoms with Crippen LogP contribution in [0.2, 0.25) is 5.02 Å². The molecule has 0 aliphatic carbocycles. The van der Waals surface area contributed by atoms with E-state index in [2.05, 4.69) is 21.2 Å². The van der Waals surface area contributed by atoms with E-state index in [9.17, 15) is 18.0 Å². The van der Waals surface area contributed by atoms with Gasteiger partial charge in [-0.25, -0.2) is 8.42 Å². The number of carbonyl (C=O) groups is 2. The Balaban J connectivity index is 1.80. The Bertz CT molecular complexity index is 1680. The van der Waals surface area contributed by atoms with E-state index >= 15 is 0 Å². The van der Waals surface area contributed by atoms with Crippen LogP contribution in [-0.2, 0) is 32.6 Å². The standard InChI is InChI=1S/C35H37BrClN3O4S/c1-4-26(3)38-35(42)33(22-27-8-6-5-7-9-27)39(23-28-12-14-29(36)15-13-28)34(41)24-40(31-18-10-25(2)11-19-31)45(43,44)32-20-16-30(37)17-21-32/h5-21,26,33H,4,22-24H2,1-3H3,(H,38,42)/t26-,33+/m1/s1. The third kappa shape index (κ3) is 9.19. The highest BCUT2D eigenvalue weighted by molar-refractivity contribution is 9.10. The number of sulfonamides is 1. The Morgan fingerprint density at radius 3 is 2.09 bits per heavy atom. The monoisotopic (exact) mass is 709 g/mol. The van der Waals surface area contributed by atoms with Crippen molar-refractivity contribution in [3.05, 3.63) is 129 Å². The molecule has 0 spiro atoms. The highest BCUT2D eigenvalue weighted by atomic mass is 79.9. The van der Waals surface area contributed by atoms with E-state index in [1.807, 2.05) is 75.4 Å². The van der Waals surface area contributed by atoms with Gasteiger partial charge < -0.3 is 10.2 Å². The molecule has 1 N–H and O–H groups in total. The number of halogens is 2. The second-order valence-electron chi connectivity index (χ2n) is 11.0. The summed E-state index contributed by atoms with van der Waals surface area (Å²) in [4.78, 5) is 29.9. The molecule has 45 heavy (non-hydrogen) atoms. The molecule has 0 heterocycles. The second kappa shape index (κ2) is 15.6. The number of nitrogens with zero attached hydrogens (tertiary/aromatic N) is 2. The van der Waals surface area contributed by atoms with E-state index in [0.717, 1.165) is 25.5 Å². The van der Waals surface area contributed by atoms with Crippen LogP contribution < -0.4 is 9.62 Å². The molecule has 0 aliphatic heterocycles. The van der Waals surface area contributed by atoms with Crippen LogP contribution in [0.15, 0.2) is 112 Å². The van der Waals surface area contributed by atoms with Crippen LogP contribution in [0.4, 0.5) is 5.69 Å². The number of aryl methyl sites for hydroxylation is 1. The van der Waals surface area contributed by atoms with E-state index in [-0.39, 0.29) is 29.8 Å². The Morgan fingerprint density at radius 2 is 1.49 bits per heavy atom. The largest absolute Gasteiger partial charge is 0.352 e. The van der Waals surface area contributed by atoms with E-state index in [1.165, 1.54) is 29.2 Å². The quantitative estimate of drug-likeness (QED) is 0.160. The maximum absolute atomic E-state index is 14.5. The van der Waals surface area contributed by atoms with Crippen molar-refractivity contribution in [3.63, 3.8) is 0 Å². The summed E-state index contributed by atoms with van der Waals surface area (Å²) in [6, 6.07) is 28.7. The first-order valence-electron chi connectivity index (χ1n) is 14.7. The number of rotatable bonds is 13.